The van der Waals surface area contributed by atoms with Gasteiger partial charge in [0.1, 0.15) is 22.3 Å². The second-order valence-electron chi connectivity index (χ2n) is 11.0. The topological polar surface area (TPSA) is 168 Å². The molecular weight excluding hydrogens is 607 g/mol. The minimum atomic E-state index is -0.403. The van der Waals surface area contributed by atoms with E-state index in [-0.39, 0.29) is 41.5 Å². The Bertz CT molecular complexity index is 1690. The van der Waals surface area contributed by atoms with E-state index in [2.05, 4.69) is 20.3 Å². The number of aliphatic imine (C=N–C) groups is 1. The predicted octanol–water partition coefficient (Wildman–Crippen LogP) is 3.24. The molecule has 2 aromatic heterocycles. The molecule has 1 aromatic carbocycles. The van der Waals surface area contributed by atoms with Gasteiger partial charge in [-0.1, -0.05) is 6.08 Å². The molecule has 46 heavy (non-hydrogen) atoms. The first-order valence-electron chi connectivity index (χ1n) is 15.0. The molecule has 0 unspecified atom stereocenters. The SMILES string of the molecule is CCN(C(=O)[C@@H]1CCN(CC(=O)N2CC=C(c3ncc(C(=N)/N=C\NC)s3)CC2)C1)c1ccc(N)c(C(=N)c2ccc(F)cc2)n1. The number of pyridine rings is 1. The quantitative estimate of drug-likeness (QED) is 0.194. The lowest BCUT2D eigenvalue weighted by Gasteiger charge is -2.28. The third-order valence-electron chi connectivity index (χ3n) is 8.02. The van der Waals surface area contributed by atoms with Crippen LogP contribution in [0.4, 0.5) is 15.9 Å². The molecule has 1 fully saturated rings. The molecular formula is C32H37FN10O2S. The zero-order chi connectivity index (χ0) is 32.8. The minimum Gasteiger partial charge on any atom is -0.397 e. The van der Waals surface area contributed by atoms with E-state index < -0.39 is 5.82 Å². The van der Waals surface area contributed by atoms with Crippen LogP contribution in [0.3, 0.4) is 0 Å². The van der Waals surface area contributed by atoms with Gasteiger partial charge >= 0.3 is 0 Å². The maximum absolute atomic E-state index is 13.7. The van der Waals surface area contributed by atoms with Gasteiger partial charge in [-0.2, -0.15) is 0 Å². The van der Waals surface area contributed by atoms with Crippen molar-refractivity contribution in [1.82, 2.24) is 25.1 Å². The Morgan fingerprint density at radius 2 is 2.00 bits per heavy atom. The van der Waals surface area contributed by atoms with Gasteiger partial charge in [-0.15, -0.1) is 11.3 Å². The van der Waals surface area contributed by atoms with Gasteiger partial charge in [-0.05, 0) is 68.3 Å². The number of thiazole rings is 1. The maximum Gasteiger partial charge on any atom is 0.237 e. The van der Waals surface area contributed by atoms with Gasteiger partial charge in [-0.3, -0.25) is 30.2 Å². The number of hydrogen-bond acceptors (Lipinski definition) is 9. The van der Waals surface area contributed by atoms with Crippen LogP contribution in [0.1, 0.15) is 40.9 Å². The number of carbonyl (C=O) groups is 2. The van der Waals surface area contributed by atoms with Gasteiger partial charge in [0.15, 0.2) is 5.84 Å². The highest BCUT2D eigenvalue weighted by Crippen LogP contribution is 2.28. The molecule has 14 heteroatoms. The van der Waals surface area contributed by atoms with Gasteiger partial charge in [0, 0.05) is 45.0 Å². The van der Waals surface area contributed by atoms with Crippen molar-refractivity contribution >= 4 is 58.1 Å². The van der Waals surface area contributed by atoms with Crippen LogP contribution in [-0.2, 0) is 9.59 Å². The van der Waals surface area contributed by atoms with Crippen LogP contribution in [0.5, 0.6) is 0 Å². The fourth-order valence-corrected chi connectivity index (χ4v) is 6.38. The molecule has 1 saturated heterocycles. The summed E-state index contributed by atoms with van der Waals surface area (Å²) < 4.78 is 13.4. The van der Waals surface area contributed by atoms with Crippen molar-refractivity contribution in [2.24, 2.45) is 10.9 Å². The first-order valence-corrected chi connectivity index (χ1v) is 15.9. The maximum atomic E-state index is 13.7. The van der Waals surface area contributed by atoms with E-state index in [1.807, 2.05) is 22.8 Å². The Morgan fingerprint density at radius 1 is 1.22 bits per heavy atom. The summed E-state index contributed by atoms with van der Waals surface area (Å²) in [7, 11) is 1.72. The average molecular weight is 645 g/mol. The van der Waals surface area contributed by atoms with Crippen LogP contribution in [0.25, 0.3) is 5.57 Å². The van der Waals surface area contributed by atoms with Crippen LogP contribution in [-0.4, -0.2) is 95.8 Å². The van der Waals surface area contributed by atoms with Crippen LogP contribution in [0, 0.1) is 22.6 Å². The largest absolute Gasteiger partial charge is 0.397 e. The number of amidine groups is 1. The highest BCUT2D eigenvalue weighted by molar-refractivity contribution is 7.14. The van der Waals surface area contributed by atoms with E-state index in [1.54, 1.807) is 30.3 Å². The lowest BCUT2D eigenvalue weighted by atomic mass is 10.1. The molecule has 0 saturated carbocycles. The smallest absolute Gasteiger partial charge is 0.237 e. The number of aromatic nitrogens is 2. The Labute approximate surface area is 270 Å². The van der Waals surface area contributed by atoms with E-state index in [0.29, 0.717) is 67.5 Å². The molecule has 0 aliphatic carbocycles. The van der Waals surface area contributed by atoms with Crippen molar-refractivity contribution in [3.8, 4) is 0 Å². The van der Waals surface area contributed by atoms with Crippen LogP contribution < -0.4 is 16.0 Å². The molecule has 0 spiro atoms. The van der Waals surface area contributed by atoms with Gasteiger partial charge in [0.05, 0.1) is 35.1 Å². The van der Waals surface area contributed by atoms with Crippen molar-refractivity contribution < 1.29 is 14.0 Å². The number of likely N-dealkylation sites (tertiary alicyclic amines) is 1. The standard InChI is InChI=1S/C32H37FN10O2S/c1-3-43(26-9-8-24(34)29(40-26)28(35)20-4-6-23(33)7-5-20)32(45)22-10-13-41(17-22)18-27(44)42-14-11-21(12-15-42)31-38-16-25(46-31)30(36)39-19-37-2/h4-9,11,16,19,22,35H,3,10,12-15,17-18,34H2,1-2H3,(H2,36,37,39)/t22-/m1/s1. The summed E-state index contributed by atoms with van der Waals surface area (Å²) in [6.07, 6.45) is 6.43. The molecule has 1 atom stereocenters. The van der Waals surface area contributed by atoms with E-state index in [4.69, 9.17) is 16.6 Å². The molecule has 4 heterocycles. The number of rotatable bonds is 10. The molecule has 0 radical (unpaired) electrons. The number of halogens is 1. The van der Waals surface area contributed by atoms with Gasteiger partial charge in [0.25, 0.3) is 0 Å². The summed E-state index contributed by atoms with van der Waals surface area (Å²) in [5.41, 5.74) is 8.22. The molecule has 2 amide bonds. The van der Waals surface area contributed by atoms with E-state index in [1.165, 1.54) is 41.9 Å². The zero-order valence-corrected chi connectivity index (χ0v) is 26.6. The highest BCUT2D eigenvalue weighted by Gasteiger charge is 2.34. The van der Waals surface area contributed by atoms with E-state index >= 15 is 0 Å². The fraction of sp³-hybridized carbons (Fsp3) is 0.344. The summed E-state index contributed by atoms with van der Waals surface area (Å²) in [4.78, 5) is 46.0. The highest BCUT2D eigenvalue weighted by atomic mass is 32.1. The predicted molar refractivity (Wildman–Crippen MR) is 179 cm³/mol. The van der Waals surface area contributed by atoms with E-state index in [0.717, 1.165) is 10.6 Å². The van der Waals surface area contributed by atoms with Crippen molar-refractivity contribution in [3.63, 3.8) is 0 Å². The normalized spacial score (nSPS) is 16.8. The number of nitrogens with two attached hydrogens (primary N) is 1. The fourth-order valence-electron chi connectivity index (χ4n) is 5.50. The van der Waals surface area contributed by atoms with E-state index in [9.17, 15) is 14.0 Å². The average Bonchev–Trinajstić information content (AvgIpc) is 3.75. The molecule has 2 aliphatic rings. The molecule has 0 bridgehead atoms. The molecule has 2 aliphatic heterocycles. The van der Waals surface area contributed by atoms with Crippen LogP contribution >= 0.6 is 11.3 Å². The summed E-state index contributed by atoms with van der Waals surface area (Å²) in [5, 5.41) is 20.2. The Hall–Kier alpha value is -4.82. The van der Waals surface area contributed by atoms with Crippen molar-refractivity contribution in [1.29, 1.82) is 10.8 Å². The van der Waals surface area contributed by atoms with Crippen molar-refractivity contribution in [2.45, 2.75) is 19.8 Å². The number of nitrogens with zero attached hydrogens (tertiary/aromatic N) is 6. The number of benzene rings is 1. The lowest BCUT2D eigenvalue weighted by Crippen LogP contribution is -2.42. The van der Waals surface area contributed by atoms with Crippen molar-refractivity contribution in [2.75, 3.05) is 56.9 Å². The van der Waals surface area contributed by atoms with Crippen LogP contribution in [0.2, 0.25) is 0 Å². The summed E-state index contributed by atoms with van der Waals surface area (Å²) in [6.45, 7) is 4.64. The summed E-state index contributed by atoms with van der Waals surface area (Å²) in [6, 6.07) is 8.84. The number of carbonyl (C=O) groups excluding carboxylic acids is 2. The number of amides is 2. The molecule has 3 aromatic rings. The lowest BCUT2D eigenvalue weighted by molar-refractivity contribution is -0.132. The first kappa shape index (κ1) is 32.6. The molecule has 5 N–H and O–H groups in total. The first-order chi connectivity index (χ1) is 22.2. The number of nitrogens with one attached hydrogen (secondary N) is 3. The van der Waals surface area contributed by atoms with Gasteiger partial charge in [0.2, 0.25) is 11.8 Å². The third kappa shape index (κ3) is 7.35. The summed E-state index contributed by atoms with van der Waals surface area (Å²) in [5.74, 6) is -0.235. The van der Waals surface area contributed by atoms with Gasteiger partial charge < -0.3 is 16.0 Å². The zero-order valence-electron chi connectivity index (χ0n) is 25.8. The third-order valence-corrected chi connectivity index (χ3v) is 9.10. The van der Waals surface area contributed by atoms with Crippen molar-refractivity contribution in [3.05, 3.63) is 75.6 Å². The number of nitrogen functional groups attached to an aromatic ring is 1. The molecule has 240 valence electrons. The van der Waals surface area contributed by atoms with Gasteiger partial charge in [-0.25, -0.2) is 19.4 Å². The number of hydrogen-bond donors (Lipinski definition) is 4. The minimum absolute atomic E-state index is 0.0166. The Balaban J connectivity index is 1.17. The van der Waals surface area contributed by atoms with Crippen LogP contribution in [0.15, 0.2) is 53.7 Å². The second kappa shape index (κ2) is 14.5. The Kier molecular flexibility index (Phi) is 10.3. The Morgan fingerprint density at radius 3 is 2.70 bits per heavy atom. The molecule has 5 rings (SSSR count). The monoisotopic (exact) mass is 644 g/mol. The molecule has 12 nitrogen and oxygen atoms in total. The number of anilines is 2. The second-order valence-corrected chi connectivity index (χ2v) is 12.1. The summed E-state index contributed by atoms with van der Waals surface area (Å²) >= 11 is 1.41.